The Hall–Kier alpha value is -2.08. The minimum atomic E-state index is -0.386. The Morgan fingerprint density at radius 2 is 2.14 bits per heavy atom. The van der Waals surface area contributed by atoms with Gasteiger partial charge in [-0.3, -0.25) is 0 Å². The van der Waals surface area contributed by atoms with Crippen LogP contribution in [0.1, 0.15) is 5.56 Å². The van der Waals surface area contributed by atoms with Crippen LogP contribution in [0.4, 0.5) is 0 Å². The zero-order valence-electron chi connectivity index (χ0n) is 7.36. The van der Waals surface area contributed by atoms with Gasteiger partial charge in [0, 0.05) is 17.0 Å². The monoisotopic (exact) mass is 185 g/mol. The molecule has 0 atom stereocenters. The van der Waals surface area contributed by atoms with Crippen LogP contribution in [0.25, 0.3) is 11.0 Å². The van der Waals surface area contributed by atoms with Gasteiger partial charge in [-0.05, 0) is 6.07 Å². The summed E-state index contributed by atoms with van der Waals surface area (Å²) in [4.78, 5) is 11.0. The molecule has 0 fully saturated rings. The summed E-state index contributed by atoms with van der Waals surface area (Å²) in [5.41, 5.74) is 0.882. The van der Waals surface area contributed by atoms with Crippen LogP contribution in [0.3, 0.4) is 0 Å². The summed E-state index contributed by atoms with van der Waals surface area (Å²) >= 11 is 0. The summed E-state index contributed by atoms with van der Waals surface area (Å²) in [6, 6.07) is 10.6. The first kappa shape index (κ1) is 8.52. The summed E-state index contributed by atoms with van der Waals surface area (Å²) < 4.78 is 5.04. The van der Waals surface area contributed by atoms with E-state index in [0.717, 1.165) is 10.9 Å². The largest absolute Gasteiger partial charge is 0.422 e. The minimum Gasteiger partial charge on any atom is -0.422 e. The van der Waals surface area contributed by atoms with Crippen LogP contribution in [-0.4, -0.2) is 0 Å². The number of para-hydroxylation sites is 1. The molecule has 0 bridgehead atoms. The lowest BCUT2D eigenvalue weighted by molar-refractivity contribution is 0.558. The predicted octanol–water partition coefficient (Wildman–Crippen LogP) is 1.86. The highest BCUT2D eigenvalue weighted by Gasteiger charge is 2.02. The summed E-state index contributed by atoms with van der Waals surface area (Å²) in [5, 5.41) is 9.42. The second-order valence-electron chi connectivity index (χ2n) is 2.92. The highest BCUT2D eigenvalue weighted by atomic mass is 16.4. The van der Waals surface area contributed by atoms with Crippen LogP contribution in [-0.2, 0) is 6.42 Å². The number of rotatable bonds is 1. The molecule has 1 aromatic carbocycles. The molecule has 0 amide bonds. The number of nitrogens with zero attached hydrogens (tertiary/aromatic N) is 1. The van der Waals surface area contributed by atoms with Crippen LogP contribution >= 0.6 is 0 Å². The van der Waals surface area contributed by atoms with Gasteiger partial charge in [-0.1, -0.05) is 18.2 Å². The van der Waals surface area contributed by atoms with Gasteiger partial charge in [0.15, 0.2) is 0 Å². The molecule has 3 heteroatoms. The van der Waals surface area contributed by atoms with E-state index in [9.17, 15) is 4.79 Å². The maximum atomic E-state index is 11.0. The lowest BCUT2D eigenvalue weighted by atomic mass is 10.1. The maximum absolute atomic E-state index is 11.0. The number of fused-ring (bicyclic) bond motifs is 1. The summed E-state index contributed by atoms with van der Waals surface area (Å²) in [7, 11) is 0. The molecule has 0 saturated heterocycles. The van der Waals surface area contributed by atoms with E-state index in [4.69, 9.17) is 9.68 Å². The molecule has 2 aromatic rings. The van der Waals surface area contributed by atoms with Crippen LogP contribution in [0.2, 0.25) is 0 Å². The molecule has 0 saturated carbocycles. The summed E-state index contributed by atoms with van der Waals surface area (Å²) in [5.74, 6) is 0. The fraction of sp³-hybridized carbons (Fsp3) is 0.0909. The average molecular weight is 185 g/mol. The molecular formula is C11H7NO2. The number of nitriles is 1. The first-order valence-corrected chi connectivity index (χ1v) is 4.20. The van der Waals surface area contributed by atoms with Crippen molar-refractivity contribution in [1.82, 2.24) is 0 Å². The standard InChI is InChI=1S/C11H7NO2/c12-7-6-9-3-1-2-8-4-5-10(13)14-11(8)9/h1-5H,6H2. The lowest BCUT2D eigenvalue weighted by Crippen LogP contribution is -1.96. The maximum Gasteiger partial charge on any atom is 0.336 e. The Morgan fingerprint density at radius 3 is 2.93 bits per heavy atom. The summed E-state index contributed by atoms with van der Waals surface area (Å²) in [6.07, 6.45) is 0.254. The van der Waals surface area contributed by atoms with Gasteiger partial charge >= 0.3 is 5.63 Å². The van der Waals surface area contributed by atoms with Crippen molar-refractivity contribution in [2.75, 3.05) is 0 Å². The fourth-order valence-electron chi connectivity index (χ4n) is 1.38. The van der Waals surface area contributed by atoms with E-state index in [1.165, 1.54) is 6.07 Å². The highest BCUT2D eigenvalue weighted by molar-refractivity contribution is 5.79. The molecule has 0 aliphatic heterocycles. The van der Waals surface area contributed by atoms with Gasteiger partial charge in [0.1, 0.15) is 5.58 Å². The Kier molecular flexibility index (Phi) is 2.04. The second-order valence-corrected chi connectivity index (χ2v) is 2.92. The average Bonchev–Trinajstić information content (AvgIpc) is 2.19. The first-order valence-electron chi connectivity index (χ1n) is 4.20. The number of hydrogen-bond acceptors (Lipinski definition) is 3. The SMILES string of the molecule is N#CCc1cccc2ccc(=O)oc12. The normalized spacial score (nSPS) is 9.93. The number of hydrogen-bond donors (Lipinski definition) is 0. The molecule has 0 aliphatic rings. The minimum absolute atomic E-state index is 0.254. The quantitative estimate of drug-likeness (QED) is 0.637. The third kappa shape index (κ3) is 1.38. The molecule has 1 heterocycles. The van der Waals surface area contributed by atoms with Crippen molar-refractivity contribution >= 4 is 11.0 Å². The molecule has 1 aromatic heterocycles. The van der Waals surface area contributed by atoms with E-state index in [2.05, 4.69) is 0 Å². The Balaban J connectivity index is 2.78. The molecular weight excluding hydrogens is 178 g/mol. The second kappa shape index (κ2) is 3.35. The van der Waals surface area contributed by atoms with Crippen molar-refractivity contribution in [3.05, 3.63) is 46.3 Å². The van der Waals surface area contributed by atoms with Crippen molar-refractivity contribution in [3.8, 4) is 6.07 Å². The van der Waals surface area contributed by atoms with Gasteiger partial charge < -0.3 is 4.42 Å². The van der Waals surface area contributed by atoms with Gasteiger partial charge in [0.05, 0.1) is 12.5 Å². The first-order chi connectivity index (χ1) is 6.81. The molecule has 3 nitrogen and oxygen atoms in total. The van der Waals surface area contributed by atoms with E-state index in [0.29, 0.717) is 5.58 Å². The Morgan fingerprint density at radius 1 is 1.29 bits per heavy atom. The van der Waals surface area contributed by atoms with Gasteiger partial charge in [0.25, 0.3) is 0 Å². The van der Waals surface area contributed by atoms with Crippen molar-refractivity contribution in [2.24, 2.45) is 0 Å². The van der Waals surface area contributed by atoms with Gasteiger partial charge in [-0.25, -0.2) is 4.79 Å². The summed E-state index contributed by atoms with van der Waals surface area (Å²) in [6.45, 7) is 0. The molecule has 0 radical (unpaired) electrons. The molecule has 68 valence electrons. The molecule has 0 aliphatic carbocycles. The molecule has 0 N–H and O–H groups in total. The van der Waals surface area contributed by atoms with Gasteiger partial charge in [0.2, 0.25) is 0 Å². The topological polar surface area (TPSA) is 54.0 Å². The van der Waals surface area contributed by atoms with Crippen LogP contribution in [0.15, 0.2) is 39.5 Å². The van der Waals surface area contributed by atoms with E-state index in [1.807, 2.05) is 18.2 Å². The van der Waals surface area contributed by atoms with Crippen molar-refractivity contribution < 1.29 is 4.42 Å². The third-order valence-electron chi connectivity index (χ3n) is 2.00. The molecule has 2 rings (SSSR count). The van der Waals surface area contributed by atoms with Gasteiger partial charge in [-0.15, -0.1) is 0 Å². The van der Waals surface area contributed by atoms with E-state index < -0.39 is 0 Å². The lowest BCUT2D eigenvalue weighted by Gasteiger charge is -1.99. The fourth-order valence-corrected chi connectivity index (χ4v) is 1.38. The van der Waals surface area contributed by atoms with E-state index in [1.54, 1.807) is 12.1 Å². The smallest absolute Gasteiger partial charge is 0.336 e. The molecule has 14 heavy (non-hydrogen) atoms. The van der Waals surface area contributed by atoms with Crippen molar-refractivity contribution in [2.45, 2.75) is 6.42 Å². The van der Waals surface area contributed by atoms with Crippen LogP contribution in [0.5, 0.6) is 0 Å². The number of benzene rings is 1. The molecule has 0 spiro atoms. The van der Waals surface area contributed by atoms with E-state index >= 15 is 0 Å². The zero-order chi connectivity index (χ0) is 9.97. The van der Waals surface area contributed by atoms with Gasteiger partial charge in [-0.2, -0.15) is 5.26 Å². The van der Waals surface area contributed by atoms with Crippen molar-refractivity contribution in [1.29, 1.82) is 5.26 Å². The zero-order valence-corrected chi connectivity index (χ0v) is 7.36. The highest BCUT2D eigenvalue weighted by Crippen LogP contribution is 2.16. The van der Waals surface area contributed by atoms with Crippen LogP contribution in [0, 0.1) is 11.3 Å². The molecule has 0 unspecified atom stereocenters. The predicted molar refractivity (Wildman–Crippen MR) is 51.8 cm³/mol. The van der Waals surface area contributed by atoms with Crippen LogP contribution < -0.4 is 5.63 Å². The van der Waals surface area contributed by atoms with E-state index in [-0.39, 0.29) is 12.0 Å². The van der Waals surface area contributed by atoms with Crippen molar-refractivity contribution in [3.63, 3.8) is 0 Å². The Labute approximate surface area is 80.2 Å². The third-order valence-corrected chi connectivity index (χ3v) is 2.00. The Bertz CT molecular complexity index is 563.